The molecule has 0 spiro atoms. The van der Waals surface area contributed by atoms with Crippen molar-refractivity contribution < 1.29 is 4.79 Å². The van der Waals surface area contributed by atoms with Crippen molar-refractivity contribution in [3.05, 3.63) is 0 Å². The van der Waals surface area contributed by atoms with Crippen molar-refractivity contribution in [3.8, 4) is 0 Å². The van der Waals surface area contributed by atoms with Gasteiger partial charge in [-0.15, -0.1) is 0 Å². The molecule has 2 nitrogen and oxygen atoms in total. The summed E-state index contributed by atoms with van der Waals surface area (Å²) in [5, 5.41) is 2.94. The summed E-state index contributed by atoms with van der Waals surface area (Å²) in [6, 6.07) is 0. The molecule has 0 radical (unpaired) electrons. The zero-order chi connectivity index (χ0) is 16.4. The standard InChI is InChI=1S/C20H39NO/c1-5-7-8-9-10-11-14-17(6-2)18-15-12-13-16-20(18,3)19(22)21-4/h17-18H,5-16H2,1-4H3,(H,21,22). The van der Waals surface area contributed by atoms with Gasteiger partial charge in [0.25, 0.3) is 0 Å². The molecule has 1 aliphatic carbocycles. The highest BCUT2D eigenvalue weighted by Crippen LogP contribution is 2.47. The van der Waals surface area contributed by atoms with Gasteiger partial charge in [-0.1, -0.05) is 85.0 Å². The Hall–Kier alpha value is -0.530. The van der Waals surface area contributed by atoms with Gasteiger partial charge in [0.15, 0.2) is 0 Å². The van der Waals surface area contributed by atoms with Crippen LogP contribution in [0.2, 0.25) is 0 Å². The van der Waals surface area contributed by atoms with Crippen molar-refractivity contribution in [1.29, 1.82) is 0 Å². The molecule has 1 saturated carbocycles. The highest BCUT2D eigenvalue weighted by Gasteiger charge is 2.44. The van der Waals surface area contributed by atoms with Gasteiger partial charge in [-0.05, 0) is 24.7 Å². The molecule has 3 unspecified atom stereocenters. The third kappa shape index (κ3) is 5.28. The van der Waals surface area contributed by atoms with Gasteiger partial charge in [0.1, 0.15) is 0 Å². The maximum Gasteiger partial charge on any atom is 0.225 e. The molecule has 1 N–H and O–H groups in total. The molecule has 0 aromatic carbocycles. The van der Waals surface area contributed by atoms with Crippen LogP contribution < -0.4 is 5.32 Å². The van der Waals surface area contributed by atoms with E-state index in [2.05, 4.69) is 26.1 Å². The molecule has 0 aromatic rings. The molecule has 0 bridgehead atoms. The Kier molecular flexibility index (Phi) is 9.12. The van der Waals surface area contributed by atoms with Crippen molar-refractivity contribution in [2.45, 2.75) is 97.8 Å². The number of carbonyl (C=O) groups excluding carboxylic acids is 1. The van der Waals surface area contributed by atoms with E-state index >= 15 is 0 Å². The lowest BCUT2D eigenvalue weighted by atomic mass is 9.61. The molecule has 2 heteroatoms. The van der Waals surface area contributed by atoms with Gasteiger partial charge >= 0.3 is 0 Å². The lowest BCUT2D eigenvalue weighted by molar-refractivity contribution is -0.136. The van der Waals surface area contributed by atoms with Crippen LogP contribution in [0, 0.1) is 17.3 Å². The van der Waals surface area contributed by atoms with Gasteiger partial charge in [-0.2, -0.15) is 0 Å². The van der Waals surface area contributed by atoms with Crippen LogP contribution in [0.15, 0.2) is 0 Å². The van der Waals surface area contributed by atoms with Gasteiger partial charge < -0.3 is 5.32 Å². The summed E-state index contributed by atoms with van der Waals surface area (Å²) in [5.41, 5.74) is -0.129. The smallest absolute Gasteiger partial charge is 0.225 e. The van der Waals surface area contributed by atoms with E-state index in [0.29, 0.717) is 5.92 Å². The fraction of sp³-hybridized carbons (Fsp3) is 0.950. The number of rotatable bonds is 10. The second kappa shape index (κ2) is 10.3. The lowest BCUT2D eigenvalue weighted by Gasteiger charge is -2.44. The maximum atomic E-state index is 12.5. The highest BCUT2D eigenvalue weighted by atomic mass is 16.2. The van der Waals surface area contributed by atoms with Gasteiger partial charge in [-0.25, -0.2) is 0 Å². The van der Waals surface area contributed by atoms with E-state index in [4.69, 9.17) is 0 Å². The second-order valence-corrected chi connectivity index (χ2v) is 7.57. The first-order valence-corrected chi connectivity index (χ1v) is 9.82. The number of carbonyl (C=O) groups is 1. The Bertz CT molecular complexity index is 315. The summed E-state index contributed by atoms with van der Waals surface area (Å²) in [7, 11) is 1.80. The number of hydrogen-bond donors (Lipinski definition) is 1. The zero-order valence-electron chi connectivity index (χ0n) is 15.5. The van der Waals surface area contributed by atoms with Gasteiger partial charge in [-0.3, -0.25) is 4.79 Å². The van der Waals surface area contributed by atoms with E-state index in [-0.39, 0.29) is 11.3 Å². The largest absolute Gasteiger partial charge is 0.359 e. The molecule has 0 aliphatic heterocycles. The molecule has 130 valence electrons. The van der Waals surface area contributed by atoms with Crippen LogP contribution in [0.25, 0.3) is 0 Å². The molecule has 0 heterocycles. The van der Waals surface area contributed by atoms with E-state index in [0.717, 1.165) is 12.3 Å². The monoisotopic (exact) mass is 309 g/mol. The zero-order valence-corrected chi connectivity index (χ0v) is 15.5. The van der Waals surface area contributed by atoms with Crippen molar-refractivity contribution in [3.63, 3.8) is 0 Å². The molecule has 0 aromatic heterocycles. The van der Waals surface area contributed by atoms with E-state index in [1.54, 1.807) is 7.05 Å². The Morgan fingerprint density at radius 3 is 2.45 bits per heavy atom. The molecule has 1 fully saturated rings. The minimum Gasteiger partial charge on any atom is -0.359 e. The maximum absolute atomic E-state index is 12.5. The van der Waals surface area contributed by atoms with Crippen LogP contribution in [0.1, 0.15) is 97.8 Å². The average Bonchev–Trinajstić information content (AvgIpc) is 2.54. The lowest BCUT2D eigenvalue weighted by Crippen LogP contribution is -2.47. The van der Waals surface area contributed by atoms with Crippen molar-refractivity contribution in [1.82, 2.24) is 5.32 Å². The normalized spacial score (nSPS) is 26.6. The van der Waals surface area contributed by atoms with E-state index in [9.17, 15) is 4.79 Å². The molecular formula is C20H39NO. The van der Waals surface area contributed by atoms with E-state index in [1.807, 2.05) is 0 Å². The number of amides is 1. The third-order valence-electron chi connectivity index (χ3n) is 6.05. The fourth-order valence-electron chi connectivity index (χ4n) is 4.56. The first-order valence-electron chi connectivity index (χ1n) is 9.82. The predicted octanol–water partition coefficient (Wildman–Crippen LogP) is 5.71. The molecule has 3 atom stereocenters. The molecular weight excluding hydrogens is 270 g/mol. The summed E-state index contributed by atoms with van der Waals surface area (Å²) in [6.07, 6.45) is 15.6. The minimum absolute atomic E-state index is 0.129. The van der Waals surface area contributed by atoms with Crippen LogP contribution in [-0.4, -0.2) is 13.0 Å². The summed E-state index contributed by atoms with van der Waals surface area (Å²) in [5.74, 6) is 1.59. The number of nitrogens with one attached hydrogen (secondary N) is 1. The number of unbranched alkanes of at least 4 members (excludes halogenated alkanes) is 5. The molecule has 0 saturated heterocycles. The van der Waals surface area contributed by atoms with Gasteiger partial charge in [0.2, 0.25) is 5.91 Å². The highest BCUT2D eigenvalue weighted by molar-refractivity contribution is 5.82. The summed E-state index contributed by atoms with van der Waals surface area (Å²) in [4.78, 5) is 12.5. The van der Waals surface area contributed by atoms with Crippen LogP contribution in [-0.2, 0) is 4.79 Å². The van der Waals surface area contributed by atoms with Gasteiger partial charge in [0.05, 0.1) is 0 Å². The Morgan fingerprint density at radius 2 is 1.82 bits per heavy atom. The van der Waals surface area contributed by atoms with Crippen LogP contribution >= 0.6 is 0 Å². The number of hydrogen-bond acceptors (Lipinski definition) is 1. The van der Waals surface area contributed by atoms with Gasteiger partial charge in [0, 0.05) is 12.5 Å². The topological polar surface area (TPSA) is 29.1 Å². The molecule has 1 amide bonds. The van der Waals surface area contributed by atoms with Crippen molar-refractivity contribution in [2.75, 3.05) is 7.05 Å². The van der Waals surface area contributed by atoms with E-state index in [1.165, 1.54) is 70.6 Å². The first kappa shape index (κ1) is 19.5. The van der Waals surface area contributed by atoms with Crippen LogP contribution in [0.4, 0.5) is 0 Å². The second-order valence-electron chi connectivity index (χ2n) is 7.57. The third-order valence-corrected chi connectivity index (χ3v) is 6.05. The Morgan fingerprint density at radius 1 is 1.14 bits per heavy atom. The first-order chi connectivity index (χ1) is 10.6. The van der Waals surface area contributed by atoms with Crippen LogP contribution in [0.3, 0.4) is 0 Å². The molecule has 22 heavy (non-hydrogen) atoms. The SMILES string of the molecule is CCCCCCCCC(CC)C1CCCCC1(C)C(=O)NC. The van der Waals surface area contributed by atoms with E-state index < -0.39 is 0 Å². The fourth-order valence-corrected chi connectivity index (χ4v) is 4.56. The summed E-state index contributed by atoms with van der Waals surface area (Å²) < 4.78 is 0. The van der Waals surface area contributed by atoms with Crippen molar-refractivity contribution in [2.24, 2.45) is 17.3 Å². The van der Waals surface area contributed by atoms with Crippen LogP contribution in [0.5, 0.6) is 0 Å². The predicted molar refractivity (Wildman–Crippen MR) is 95.9 cm³/mol. The molecule has 1 rings (SSSR count). The summed E-state index contributed by atoms with van der Waals surface area (Å²) >= 11 is 0. The Balaban J connectivity index is 2.53. The summed E-state index contributed by atoms with van der Waals surface area (Å²) in [6.45, 7) is 6.82. The minimum atomic E-state index is -0.129. The quantitative estimate of drug-likeness (QED) is 0.515. The molecule has 1 aliphatic rings. The average molecular weight is 310 g/mol. The van der Waals surface area contributed by atoms with Crippen molar-refractivity contribution >= 4 is 5.91 Å². The Labute approximate surface area is 138 Å².